The number of carbonyl (C=O) groups excluding carboxylic acids is 3. The van der Waals surface area contributed by atoms with Crippen molar-refractivity contribution in [3.8, 4) is 0 Å². The smallest absolute Gasteiger partial charge is 0.306 e. The first-order valence-electron chi connectivity index (χ1n) is 27.4. The number of nitrogens with zero attached hydrogens (tertiary/aromatic N) is 1. The Morgan fingerprint density at radius 3 is 1.89 bits per heavy atom. The molecule has 0 aromatic carbocycles. The zero-order chi connectivity index (χ0) is 44.9. The van der Waals surface area contributed by atoms with E-state index < -0.39 is 0 Å². The Bertz CT molecular complexity index is 1110. The van der Waals surface area contributed by atoms with Crippen molar-refractivity contribution in [2.45, 2.75) is 284 Å². The van der Waals surface area contributed by atoms with Crippen molar-refractivity contribution in [1.82, 2.24) is 4.90 Å². The fourth-order valence-electron chi connectivity index (χ4n) is 9.94. The first kappa shape index (κ1) is 56.6. The zero-order valence-electron chi connectivity index (χ0n) is 41.9. The van der Waals surface area contributed by atoms with Crippen LogP contribution in [0.3, 0.4) is 0 Å². The third kappa shape index (κ3) is 29.8. The number of Topliss-reactive ketones (excluding diaryl/α,β-unsaturated/α-hetero) is 1. The van der Waals surface area contributed by atoms with E-state index in [0.29, 0.717) is 30.6 Å². The minimum Gasteiger partial charge on any atom is -0.462 e. The molecule has 1 aliphatic carbocycles. The molecule has 1 heterocycles. The van der Waals surface area contributed by atoms with Crippen LogP contribution in [0.1, 0.15) is 272 Å². The molecule has 2 fully saturated rings. The average Bonchev–Trinajstić information content (AvgIpc) is 3.63. The summed E-state index contributed by atoms with van der Waals surface area (Å²) < 4.78 is 12.4. The third-order valence-electron chi connectivity index (χ3n) is 14.6. The van der Waals surface area contributed by atoms with Gasteiger partial charge in [0.05, 0.1) is 6.61 Å². The van der Waals surface area contributed by atoms with Crippen LogP contribution in [0.15, 0.2) is 12.2 Å². The Labute approximate surface area is 385 Å². The molecule has 6 heteroatoms. The van der Waals surface area contributed by atoms with Gasteiger partial charge in [-0.1, -0.05) is 194 Å². The number of hydrogen-bond donors (Lipinski definition) is 0. The molecule has 0 aromatic heterocycles. The largest absolute Gasteiger partial charge is 0.462 e. The number of ether oxygens (including phenoxy) is 2. The molecule has 0 unspecified atom stereocenters. The molecular formula is C56H103NO5. The predicted octanol–water partition coefficient (Wildman–Crippen LogP) is 16.1. The monoisotopic (exact) mass is 870 g/mol. The topological polar surface area (TPSA) is 72.9 Å². The minimum absolute atomic E-state index is 0.0151. The summed E-state index contributed by atoms with van der Waals surface area (Å²) in [5.41, 5.74) is -0.209. The highest BCUT2D eigenvalue weighted by atomic mass is 16.5. The van der Waals surface area contributed by atoms with Crippen LogP contribution in [0, 0.1) is 17.3 Å². The van der Waals surface area contributed by atoms with Crippen molar-refractivity contribution < 1.29 is 23.9 Å². The van der Waals surface area contributed by atoms with Gasteiger partial charge in [0.15, 0.2) is 5.78 Å². The number of rotatable bonds is 40. The van der Waals surface area contributed by atoms with E-state index in [1.165, 1.54) is 154 Å². The summed E-state index contributed by atoms with van der Waals surface area (Å²) in [7, 11) is 0. The van der Waals surface area contributed by atoms with E-state index in [4.69, 9.17) is 9.47 Å². The van der Waals surface area contributed by atoms with E-state index in [0.717, 1.165) is 103 Å². The Hall–Kier alpha value is -1.53. The van der Waals surface area contributed by atoms with Crippen molar-refractivity contribution in [3.05, 3.63) is 12.2 Å². The number of esters is 1. The first-order chi connectivity index (χ1) is 30.1. The molecule has 0 amide bonds. The summed E-state index contributed by atoms with van der Waals surface area (Å²) in [6.07, 6.45) is 48.3. The van der Waals surface area contributed by atoms with Crippen LogP contribution < -0.4 is 0 Å². The standard InChI is InChI=1S/C56H103NO5/c1-6-8-10-12-18-26-38-54(39-27-19-13-11-9-7-2)62-55(60)40-28-20-15-23-33-45-61-48-52-46-51(47-57(52)44-32-22-21-31-43-56(4,5)49(3)58)41-42-53(59)37-30-29-36-50-34-24-16-14-17-25-35-50/h41-42,50-52,54H,6-40,43-48H2,1-5H3/t51-,52-/m0/s1. The van der Waals surface area contributed by atoms with E-state index in [1.54, 1.807) is 6.92 Å². The molecule has 0 aromatic rings. The van der Waals surface area contributed by atoms with Gasteiger partial charge in [0.2, 0.25) is 0 Å². The van der Waals surface area contributed by atoms with Crippen molar-refractivity contribution >= 4 is 17.5 Å². The third-order valence-corrected chi connectivity index (χ3v) is 14.6. The molecule has 1 saturated heterocycles. The van der Waals surface area contributed by atoms with E-state index >= 15 is 0 Å². The van der Waals surface area contributed by atoms with E-state index in [1.807, 2.05) is 6.08 Å². The van der Waals surface area contributed by atoms with Crippen molar-refractivity contribution in [2.24, 2.45) is 17.3 Å². The summed E-state index contributed by atoms with van der Waals surface area (Å²) in [6, 6.07) is 0.400. The Kier molecular flexibility index (Phi) is 34.4. The maximum Gasteiger partial charge on any atom is 0.306 e. The number of hydrogen-bond acceptors (Lipinski definition) is 6. The van der Waals surface area contributed by atoms with Gasteiger partial charge in [-0.05, 0) is 95.6 Å². The summed E-state index contributed by atoms with van der Waals surface area (Å²) in [5, 5.41) is 0. The van der Waals surface area contributed by atoms with Crippen LogP contribution in [-0.4, -0.2) is 60.9 Å². The van der Waals surface area contributed by atoms with Crippen LogP contribution >= 0.6 is 0 Å². The highest BCUT2D eigenvalue weighted by Crippen LogP contribution is 2.29. The lowest BCUT2D eigenvalue weighted by atomic mass is 9.83. The second kappa shape index (κ2) is 37.7. The fraction of sp³-hybridized carbons (Fsp3) is 0.911. The fourth-order valence-corrected chi connectivity index (χ4v) is 9.94. The van der Waals surface area contributed by atoms with Crippen LogP contribution in [0.25, 0.3) is 0 Å². The van der Waals surface area contributed by atoms with Gasteiger partial charge in [-0.3, -0.25) is 19.3 Å². The molecule has 2 rings (SSSR count). The molecular weight excluding hydrogens is 767 g/mol. The lowest BCUT2D eigenvalue weighted by Gasteiger charge is -2.24. The van der Waals surface area contributed by atoms with Gasteiger partial charge in [0.1, 0.15) is 11.9 Å². The molecule has 0 N–H and O–H groups in total. The second-order valence-corrected chi connectivity index (χ2v) is 20.8. The molecule has 0 bridgehead atoms. The Balaban J connectivity index is 1.69. The summed E-state index contributed by atoms with van der Waals surface area (Å²) in [5.74, 6) is 1.90. The van der Waals surface area contributed by atoms with Crippen molar-refractivity contribution in [1.29, 1.82) is 0 Å². The summed E-state index contributed by atoms with van der Waals surface area (Å²) in [6.45, 7) is 14.0. The molecule has 1 saturated carbocycles. The van der Waals surface area contributed by atoms with Crippen molar-refractivity contribution in [3.63, 3.8) is 0 Å². The number of carbonyl (C=O) groups is 3. The first-order valence-corrected chi connectivity index (χ1v) is 27.4. The minimum atomic E-state index is -0.209. The van der Waals surface area contributed by atoms with Gasteiger partial charge in [-0.2, -0.15) is 0 Å². The van der Waals surface area contributed by atoms with Crippen LogP contribution in [0.4, 0.5) is 0 Å². The van der Waals surface area contributed by atoms with E-state index in [-0.39, 0.29) is 23.3 Å². The number of allylic oxidation sites excluding steroid dienone is 1. The van der Waals surface area contributed by atoms with Crippen molar-refractivity contribution in [2.75, 3.05) is 26.3 Å². The van der Waals surface area contributed by atoms with Gasteiger partial charge >= 0.3 is 5.97 Å². The molecule has 2 aliphatic rings. The molecule has 2 atom stereocenters. The molecule has 6 nitrogen and oxygen atoms in total. The predicted molar refractivity (Wildman–Crippen MR) is 264 cm³/mol. The quantitative estimate of drug-likeness (QED) is 0.0347. The SMILES string of the molecule is CCCCCCCCC(CCCCCCCC)OC(=O)CCCCCCCOC[C@@H]1C[C@H](C=CC(=O)CCCCC2CCCCCCC2)CN1CCCCCCC(C)(C)C(C)=O. The molecule has 0 radical (unpaired) electrons. The number of ketones is 2. The number of likely N-dealkylation sites (tertiary alicyclic amines) is 1. The summed E-state index contributed by atoms with van der Waals surface area (Å²) >= 11 is 0. The maximum absolute atomic E-state index is 12.9. The van der Waals surface area contributed by atoms with Crippen LogP contribution in [0.2, 0.25) is 0 Å². The normalized spacial score (nSPS) is 18.2. The Morgan fingerprint density at radius 1 is 0.661 bits per heavy atom. The number of unbranched alkanes of at least 4 members (excludes halogenated alkanes) is 18. The molecule has 62 heavy (non-hydrogen) atoms. The molecule has 0 spiro atoms. The maximum atomic E-state index is 12.9. The lowest BCUT2D eigenvalue weighted by molar-refractivity contribution is -0.150. The van der Waals surface area contributed by atoms with Gasteiger partial charge in [0, 0.05) is 37.5 Å². The van der Waals surface area contributed by atoms with Crippen LogP contribution in [-0.2, 0) is 23.9 Å². The molecule has 1 aliphatic heterocycles. The molecule has 362 valence electrons. The highest BCUT2D eigenvalue weighted by Gasteiger charge is 2.30. The van der Waals surface area contributed by atoms with Gasteiger partial charge in [-0.25, -0.2) is 0 Å². The highest BCUT2D eigenvalue weighted by molar-refractivity contribution is 5.89. The zero-order valence-corrected chi connectivity index (χ0v) is 41.9. The van der Waals surface area contributed by atoms with Gasteiger partial charge < -0.3 is 9.47 Å². The lowest BCUT2D eigenvalue weighted by Crippen LogP contribution is -2.34. The van der Waals surface area contributed by atoms with Gasteiger partial charge in [0.25, 0.3) is 0 Å². The summed E-state index contributed by atoms with van der Waals surface area (Å²) in [4.78, 5) is 40.3. The second-order valence-electron chi connectivity index (χ2n) is 20.8. The van der Waals surface area contributed by atoms with E-state index in [2.05, 4.69) is 38.7 Å². The van der Waals surface area contributed by atoms with Crippen LogP contribution in [0.5, 0.6) is 0 Å². The average molecular weight is 870 g/mol. The van der Waals surface area contributed by atoms with E-state index in [9.17, 15) is 14.4 Å². The van der Waals surface area contributed by atoms with Gasteiger partial charge in [-0.15, -0.1) is 0 Å². The Morgan fingerprint density at radius 2 is 1.23 bits per heavy atom.